The summed E-state index contributed by atoms with van der Waals surface area (Å²) in [4.78, 5) is 0. The molecule has 0 bridgehead atoms. The van der Waals surface area contributed by atoms with E-state index in [-0.39, 0.29) is 31.1 Å². The van der Waals surface area contributed by atoms with Gasteiger partial charge in [-0.1, -0.05) is 24.3 Å². The van der Waals surface area contributed by atoms with E-state index in [9.17, 15) is 25.6 Å². The Morgan fingerprint density at radius 1 is 0.862 bits per heavy atom. The first-order valence-corrected chi connectivity index (χ1v) is 12.2. The van der Waals surface area contributed by atoms with Crippen LogP contribution in [0.3, 0.4) is 0 Å². The third-order valence-corrected chi connectivity index (χ3v) is 8.53. The monoisotopic (exact) mass is 444 g/mol. The van der Waals surface area contributed by atoms with Crippen molar-refractivity contribution in [1.82, 2.24) is 8.61 Å². The number of hydrogen-bond acceptors (Lipinski definition) is 4. The molecule has 0 aliphatic carbocycles. The van der Waals surface area contributed by atoms with Crippen molar-refractivity contribution in [2.75, 3.05) is 19.6 Å². The Morgan fingerprint density at radius 3 is 1.86 bits per heavy atom. The minimum atomic E-state index is -3.74. The van der Waals surface area contributed by atoms with Gasteiger partial charge in [-0.3, -0.25) is 0 Å². The van der Waals surface area contributed by atoms with Crippen molar-refractivity contribution in [2.45, 2.75) is 24.5 Å². The van der Waals surface area contributed by atoms with Gasteiger partial charge in [-0.15, -0.1) is 0 Å². The van der Waals surface area contributed by atoms with Crippen LogP contribution in [0, 0.1) is 11.6 Å². The molecule has 0 radical (unpaired) electrons. The zero-order valence-corrected chi connectivity index (χ0v) is 17.5. The van der Waals surface area contributed by atoms with Crippen molar-refractivity contribution in [3.8, 4) is 0 Å². The normalized spacial score (nSPS) is 19.3. The van der Waals surface area contributed by atoms with Gasteiger partial charge in [-0.05, 0) is 42.3 Å². The highest BCUT2D eigenvalue weighted by molar-refractivity contribution is 7.88. The van der Waals surface area contributed by atoms with E-state index in [1.165, 1.54) is 57.1 Å². The second-order valence-corrected chi connectivity index (χ2v) is 11.0. The summed E-state index contributed by atoms with van der Waals surface area (Å²) in [5.74, 6) is -1.74. The highest BCUT2D eigenvalue weighted by Gasteiger charge is 2.36. The predicted octanol–water partition coefficient (Wildman–Crippen LogP) is 2.33. The van der Waals surface area contributed by atoms with E-state index in [0.29, 0.717) is 11.1 Å². The minimum Gasteiger partial charge on any atom is -0.212 e. The summed E-state index contributed by atoms with van der Waals surface area (Å²) in [5.41, 5.74) is 0.664. The third kappa shape index (κ3) is 5.39. The first-order valence-electron chi connectivity index (χ1n) is 9.03. The molecule has 1 atom stereocenters. The van der Waals surface area contributed by atoms with Crippen LogP contribution in [0.25, 0.3) is 0 Å². The van der Waals surface area contributed by atoms with E-state index >= 15 is 0 Å². The first kappa shape index (κ1) is 21.8. The Kier molecular flexibility index (Phi) is 6.37. The molecule has 0 N–H and O–H groups in total. The summed E-state index contributed by atoms with van der Waals surface area (Å²) in [6.07, 6.45) is 0. The lowest BCUT2D eigenvalue weighted by molar-refractivity contribution is 0.212. The van der Waals surface area contributed by atoms with Crippen molar-refractivity contribution in [2.24, 2.45) is 0 Å². The van der Waals surface area contributed by atoms with Gasteiger partial charge in [0.1, 0.15) is 11.6 Å². The molecule has 0 saturated carbocycles. The summed E-state index contributed by atoms with van der Waals surface area (Å²) in [5, 5.41) is 0. The molecule has 1 aliphatic heterocycles. The van der Waals surface area contributed by atoms with Gasteiger partial charge in [0.2, 0.25) is 20.0 Å². The van der Waals surface area contributed by atoms with E-state index in [2.05, 4.69) is 0 Å². The number of halogens is 2. The van der Waals surface area contributed by atoms with E-state index in [1.54, 1.807) is 6.92 Å². The molecular formula is C19H22F2N2O4S2. The van der Waals surface area contributed by atoms with Gasteiger partial charge in [-0.25, -0.2) is 25.6 Å². The molecule has 1 unspecified atom stereocenters. The fourth-order valence-electron chi connectivity index (χ4n) is 3.42. The highest BCUT2D eigenvalue weighted by Crippen LogP contribution is 2.22. The Bertz CT molecular complexity index is 1090. The maximum atomic E-state index is 13.3. The third-order valence-electron chi connectivity index (χ3n) is 4.76. The number of hydrogen-bond donors (Lipinski definition) is 0. The lowest BCUT2D eigenvalue weighted by Gasteiger charge is -2.38. The molecule has 0 aromatic heterocycles. The zero-order valence-electron chi connectivity index (χ0n) is 15.8. The highest BCUT2D eigenvalue weighted by atomic mass is 32.2. The van der Waals surface area contributed by atoms with Crippen LogP contribution in [0.15, 0.2) is 48.5 Å². The molecule has 0 spiro atoms. The van der Waals surface area contributed by atoms with Gasteiger partial charge >= 0.3 is 0 Å². The Hall–Kier alpha value is -1.88. The molecule has 1 aliphatic rings. The van der Waals surface area contributed by atoms with Crippen LogP contribution in [0.5, 0.6) is 0 Å². The van der Waals surface area contributed by atoms with Crippen molar-refractivity contribution in [3.63, 3.8) is 0 Å². The van der Waals surface area contributed by atoms with E-state index in [0.717, 1.165) is 0 Å². The molecular weight excluding hydrogens is 422 g/mol. The second kappa shape index (κ2) is 8.47. The van der Waals surface area contributed by atoms with Crippen molar-refractivity contribution in [3.05, 3.63) is 71.3 Å². The molecule has 1 saturated heterocycles. The number of nitrogens with zero attached hydrogens (tertiary/aromatic N) is 2. The Morgan fingerprint density at radius 2 is 1.38 bits per heavy atom. The quantitative estimate of drug-likeness (QED) is 0.686. The van der Waals surface area contributed by atoms with Crippen molar-refractivity contribution in [1.29, 1.82) is 0 Å². The van der Waals surface area contributed by atoms with Crippen LogP contribution in [0.1, 0.15) is 18.1 Å². The first-order chi connectivity index (χ1) is 13.6. The van der Waals surface area contributed by atoms with Crippen LogP contribution in [0.2, 0.25) is 0 Å². The SMILES string of the molecule is CC1CN(S(=O)(=O)Cc2cccc(F)c2)CCN1S(=O)(=O)Cc1cccc(F)c1. The van der Waals surface area contributed by atoms with Crippen LogP contribution >= 0.6 is 0 Å². The van der Waals surface area contributed by atoms with Gasteiger partial charge < -0.3 is 0 Å². The van der Waals surface area contributed by atoms with Gasteiger partial charge in [0, 0.05) is 25.7 Å². The minimum absolute atomic E-state index is 0.0000296. The molecule has 158 valence electrons. The van der Waals surface area contributed by atoms with Gasteiger partial charge in [0.25, 0.3) is 0 Å². The van der Waals surface area contributed by atoms with E-state index < -0.39 is 37.7 Å². The average molecular weight is 445 g/mol. The number of benzene rings is 2. The summed E-state index contributed by atoms with van der Waals surface area (Å²) in [6, 6.07) is 10.2. The average Bonchev–Trinajstić information content (AvgIpc) is 2.60. The van der Waals surface area contributed by atoms with E-state index in [1.807, 2.05) is 0 Å². The summed E-state index contributed by atoms with van der Waals surface area (Å²) >= 11 is 0. The van der Waals surface area contributed by atoms with E-state index in [4.69, 9.17) is 0 Å². The molecule has 3 rings (SSSR count). The lowest BCUT2D eigenvalue weighted by Crippen LogP contribution is -2.55. The van der Waals surface area contributed by atoms with Crippen molar-refractivity contribution < 1.29 is 25.6 Å². The van der Waals surface area contributed by atoms with Crippen LogP contribution in [-0.2, 0) is 31.6 Å². The van der Waals surface area contributed by atoms with Gasteiger partial charge in [-0.2, -0.15) is 8.61 Å². The molecule has 2 aromatic rings. The zero-order chi connectivity index (χ0) is 21.2. The summed E-state index contributed by atoms with van der Waals surface area (Å²) in [6.45, 7) is 1.64. The molecule has 1 heterocycles. The second-order valence-electron chi connectivity index (χ2n) is 7.09. The predicted molar refractivity (Wildman–Crippen MR) is 106 cm³/mol. The van der Waals surface area contributed by atoms with Crippen LogP contribution in [0.4, 0.5) is 8.78 Å². The standard InChI is InChI=1S/C19H22F2N2O4S2/c1-15-12-22(28(24,25)13-16-4-2-6-18(20)10-16)8-9-23(15)29(26,27)14-17-5-3-7-19(21)11-17/h2-7,10-11,15H,8-9,12-14H2,1H3. The molecule has 6 nitrogen and oxygen atoms in total. The smallest absolute Gasteiger partial charge is 0.212 e. The lowest BCUT2D eigenvalue weighted by atomic mass is 10.2. The number of piperazine rings is 1. The molecule has 29 heavy (non-hydrogen) atoms. The van der Waals surface area contributed by atoms with Crippen molar-refractivity contribution >= 4 is 20.0 Å². The molecule has 2 aromatic carbocycles. The molecule has 1 fully saturated rings. The van der Waals surface area contributed by atoms with Crippen LogP contribution < -0.4 is 0 Å². The maximum absolute atomic E-state index is 13.3. The van der Waals surface area contributed by atoms with Crippen LogP contribution in [-0.4, -0.2) is 51.1 Å². The number of sulfonamides is 2. The molecule has 0 amide bonds. The topological polar surface area (TPSA) is 74.8 Å². The Balaban J connectivity index is 1.69. The van der Waals surface area contributed by atoms with Gasteiger partial charge in [0.15, 0.2) is 0 Å². The maximum Gasteiger partial charge on any atom is 0.218 e. The largest absolute Gasteiger partial charge is 0.218 e. The molecule has 10 heteroatoms. The Labute approximate surface area is 169 Å². The fourth-order valence-corrected chi connectivity index (χ4v) is 6.75. The summed E-state index contributed by atoms with van der Waals surface area (Å²) in [7, 11) is -7.46. The van der Waals surface area contributed by atoms with Gasteiger partial charge in [0.05, 0.1) is 11.5 Å². The number of rotatable bonds is 6. The summed E-state index contributed by atoms with van der Waals surface area (Å²) < 4.78 is 80.1. The fraction of sp³-hybridized carbons (Fsp3) is 0.368.